The second-order valence-corrected chi connectivity index (χ2v) is 8.03. The molecule has 0 bridgehead atoms. The van der Waals surface area contributed by atoms with E-state index < -0.39 is 0 Å². The Balaban J connectivity index is 1.96. The first kappa shape index (κ1) is 16.7. The lowest BCUT2D eigenvalue weighted by Gasteiger charge is -2.27. The Labute approximate surface area is 140 Å². The van der Waals surface area contributed by atoms with E-state index in [1.54, 1.807) is 0 Å². The molecule has 1 aliphatic rings. The summed E-state index contributed by atoms with van der Waals surface area (Å²) in [6.07, 6.45) is 5.06. The van der Waals surface area contributed by atoms with Crippen molar-refractivity contribution in [1.29, 1.82) is 0 Å². The summed E-state index contributed by atoms with van der Waals surface area (Å²) in [5.74, 6) is 3.56. The Morgan fingerprint density at radius 2 is 2.15 bits per heavy atom. The first-order chi connectivity index (χ1) is 9.69. The van der Waals surface area contributed by atoms with Gasteiger partial charge in [-0.05, 0) is 67.3 Å². The fourth-order valence-corrected chi connectivity index (χ4v) is 4.82. The molecule has 1 aliphatic heterocycles. The predicted molar refractivity (Wildman–Crippen MR) is 95.0 cm³/mol. The van der Waals surface area contributed by atoms with Gasteiger partial charge in [-0.25, -0.2) is 0 Å². The molecule has 0 aromatic heterocycles. The highest BCUT2D eigenvalue weighted by molar-refractivity contribution is 9.10. The first-order valence-electron chi connectivity index (χ1n) is 7.44. The standard InChI is InChI=1S/C16H23BrClNS/c1-2-19-15(9-12-5-7-20-8-6-12)10-13-3-4-14(17)11-16(13)18/h3-4,11-12,15,19H,2,5-10H2,1H3. The van der Waals surface area contributed by atoms with Crippen LogP contribution in [0.5, 0.6) is 0 Å². The molecule has 1 heterocycles. The van der Waals surface area contributed by atoms with E-state index in [0.29, 0.717) is 6.04 Å². The van der Waals surface area contributed by atoms with Gasteiger partial charge in [0.2, 0.25) is 0 Å². The molecule has 0 radical (unpaired) electrons. The van der Waals surface area contributed by atoms with E-state index in [9.17, 15) is 0 Å². The Bertz CT molecular complexity index is 421. The van der Waals surface area contributed by atoms with E-state index in [1.807, 2.05) is 6.07 Å². The lowest BCUT2D eigenvalue weighted by Crippen LogP contribution is -2.34. The van der Waals surface area contributed by atoms with Gasteiger partial charge in [-0.15, -0.1) is 0 Å². The highest BCUT2D eigenvalue weighted by Crippen LogP contribution is 2.28. The summed E-state index contributed by atoms with van der Waals surface area (Å²) in [4.78, 5) is 0. The summed E-state index contributed by atoms with van der Waals surface area (Å²) in [5, 5.41) is 4.52. The summed E-state index contributed by atoms with van der Waals surface area (Å²) < 4.78 is 1.05. The van der Waals surface area contributed by atoms with Crippen molar-refractivity contribution in [3.05, 3.63) is 33.3 Å². The average Bonchev–Trinajstić information content (AvgIpc) is 2.43. The highest BCUT2D eigenvalue weighted by Gasteiger charge is 2.19. The van der Waals surface area contributed by atoms with Crippen molar-refractivity contribution in [2.24, 2.45) is 5.92 Å². The van der Waals surface area contributed by atoms with Gasteiger partial charge < -0.3 is 5.32 Å². The number of thioether (sulfide) groups is 1. The third-order valence-electron chi connectivity index (χ3n) is 3.93. The zero-order valence-electron chi connectivity index (χ0n) is 12.0. The number of hydrogen-bond donors (Lipinski definition) is 1. The molecule has 2 rings (SSSR count). The molecule has 1 fully saturated rings. The lowest BCUT2D eigenvalue weighted by atomic mass is 9.91. The second kappa shape index (κ2) is 8.67. The van der Waals surface area contributed by atoms with E-state index in [2.05, 4.69) is 52.1 Å². The Kier molecular flexibility index (Phi) is 7.23. The van der Waals surface area contributed by atoms with Gasteiger partial charge in [0.1, 0.15) is 0 Å². The molecule has 20 heavy (non-hydrogen) atoms. The average molecular weight is 377 g/mol. The number of rotatable bonds is 6. The normalized spacial score (nSPS) is 18.1. The van der Waals surface area contributed by atoms with Crippen LogP contribution in [0.2, 0.25) is 5.02 Å². The monoisotopic (exact) mass is 375 g/mol. The molecular weight excluding hydrogens is 354 g/mol. The quantitative estimate of drug-likeness (QED) is 0.736. The van der Waals surface area contributed by atoms with Crippen LogP contribution in [0.1, 0.15) is 31.7 Å². The van der Waals surface area contributed by atoms with Gasteiger partial charge in [0.25, 0.3) is 0 Å². The smallest absolute Gasteiger partial charge is 0.0449 e. The maximum Gasteiger partial charge on any atom is 0.0449 e. The van der Waals surface area contributed by atoms with Crippen LogP contribution in [0.25, 0.3) is 0 Å². The molecule has 1 aromatic carbocycles. The summed E-state index contributed by atoms with van der Waals surface area (Å²) in [6.45, 7) is 3.22. The van der Waals surface area contributed by atoms with Gasteiger partial charge in [-0.3, -0.25) is 0 Å². The highest BCUT2D eigenvalue weighted by atomic mass is 79.9. The van der Waals surface area contributed by atoms with E-state index >= 15 is 0 Å². The Morgan fingerprint density at radius 1 is 1.40 bits per heavy atom. The first-order valence-corrected chi connectivity index (χ1v) is 9.76. The van der Waals surface area contributed by atoms with Crippen molar-refractivity contribution in [3.8, 4) is 0 Å². The zero-order chi connectivity index (χ0) is 14.4. The predicted octanol–water partition coefficient (Wildman–Crippen LogP) is 5.16. The van der Waals surface area contributed by atoms with Crippen molar-refractivity contribution < 1.29 is 0 Å². The number of hydrogen-bond acceptors (Lipinski definition) is 2. The van der Waals surface area contributed by atoms with Crippen molar-refractivity contribution >= 4 is 39.3 Å². The van der Waals surface area contributed by atoms with Crippen molar-refractivity contribution in [1.82, 2.24) is 5.32 Å². The van der Waals surface area contributed by atoms with E-state index in [0.717, 1.165) is 28.4 Å². The molecule has 112 valence electrons. The van der Waals surface area contributed by atoms with Crippen LogP contribution in [0.15, 0.2) is 22.7 Å². The largest absolute Gasteiger partial charge is 0.314 e. The third kappa shape index (κ3) is 5.25. The van der Waals surface area contributed by atoms with Gasteiger partial charge in [-0.1, -0.05) is 40.5 Å². The summed E-state index contributed by atoms with van der Waals surface area (Å²) >= 11 is 11.9. The molecule has 1 unspecified atom stereocenters. The van der Waals surface area contributed by atoms with Gasteiger partial charge in [0, 0.05) is 15.5 Å². The summed E-state index contributed by atoms with van der Waals surface area (Å²) in [5.41, 5.74) is 1.26. The number of nitrogens with one attached hydrogen (secondary N) is 1. The van der Waals surface area contributed by atoms with E-state index in [1.165, 1.54) is 36.3 Å². The SMILES string of the molecule is CCNC(Cc1ccc(Br)cc1Cl)CC1CCSCC1. The van der Waals surface area contributed by atoms with Gasteiger partial charge >= 0.3 is 0 Å². The minimum atomic E-state index is 0.548. The molecule has 1 saturated heterocycles. The zero-order valence-corrected chi connectivity index (χ0v) is 15.2. The van der Waals surface area contributed by atoms with Crippen LogP contribution in [0.4, 0.5) is 0 Å². The number of halogens is 2. The third-order valence-corrected chi connectivity index (χ3v) is 5.83. The van der Waals surface area contributed by atoms with Crippen molar-refractivity contribution in [2.75, 3.05) is 18.1 Å². The van der Waals surface area contributed by atoms with E-state index in [-0.39, 0.29) is 0 Å². The minimum absolute atomic E-state index is 0.548. The molecule has 0 spiro atoms. The van der Waals surface area contributed by atoms with Crippen LogP contribution in [0, 0.1) is 5.92 Å². The van der Waals surface area contributed by atoms with Crippen molar-refractivity contribution in [3.63, 3.8) is 0 Å². The van der Waals surface area contributed by atoms with Gasteiger partial charge in [0.05, 0.1) is 0 Å². The summed E-state index contributed by atoms with van der Waals surface area (Å²) in [7, 11) is 0. The molecule has 1 atom stereocenters. The Hall–Kier alpha value is 0.300. The van der Waals surface area contributed by atoms with E-state index in [4.69, 9.17) is 11.6 Å². The van der Waals surface area contributed by atoms with Crippen LogP contribution < -0.4 is 5.32 Å². The molecule has 1 N–H and O–H groups in total. The van der Waals surface area contributed by atoms with Crippen LogP contribution in [-0.2, 0) is 6.42 Å². The Morgan fingerprint density at radius 3 is 2.80 bits per heavy atom. The topological polar surface area (TPSA) is 12.0 Å². The van der Waals surface area contributed by atoms with Crippen LogP contribution in [0.3, 0.4) is 0 Å². The maximum atomic E-state index is 6.36. The second-order valence-electron chi connectivity index (χ2n) is 5.49. The molecule has 1 aromatic rings. The lowest BCUT2D eigenvalue weighted by molar-refractivity contribution is 0.366. The molecular formula is C16H23BrClNS. The molecule has 0 aliphatic carbocycles. The molecule has 4 heteroatoms. The number of likely N-dealkylation sites (N-methyl/N-ethyl adjacent to an activating group) is 1. The maximum absolute atomic E-state index is 6.36. The van der Waals surface area contributed by atoms with Gasteiger partial charge in [0.15, 0.2) is 0 Å². The van der Waals surface area contributed by atoms with Gasteiger partial charge in [-0.2, -0.15) is 11.8 Å². The van der Waals surface area contributed by atoms with Crippen molar-refractivity contribution in [2.45, 2.75) is 38.6 Å². The fourth-order valence-electron chi connectivity index (χ4n) is 2.86. The van der Waals surface area contributed by atoms with Crippen LogP contribution >= 0.6 is 39.3 Å². The minimum Gasteiger partial charge on any atom is -0.314 e. The fraction of sp³-hybridized carbons (Fsp3) is 0.625. The molecule has 0 saturated carbocycles. The van der Waals surface area contributed by atoms with Crippen LogP contribution in [-0.4, -0.2) is 24.1 Å². The molecule has 0 amide bonds. The molecule has 1 nitrogen and oxygen atoms in total. The number of benzene rings is 1. The summed E-state index contributed by atoms with van der Waals surface area (Å²) in [6, 6.07) is 6.78.